The van der Waals surface area contributed by atoms with E-state index < -0.39 is 5.41 Å². The van der Waals surface area contributed by atoms with Gasteiger partial charge < -0.3 is 9.80 Å². The van der Waals surface area contributed by atoms with Gasteiger partial charge in [0.1, 0.15) is 0 Å². The lowest BCUT2D eigenvalue weighted by molar-refractivity contribution is 0.768. The van der Waals surface area contributed by atoms with Crippen LogP contribution in [0.3, 0.4) is 0 Å². The Hall–Kier alpha value is -7.94. The monoisotopic (exact) mass is 806 g/mol. The highest BCUT2D eigenvalue weighted by Gasteiger charge is 2.46. The molecule has 0 radical (unpaired) electrons. The highest BCUT2D eigenvalue weighted by atomic mass is 15.1. The van der Waals surface area contributed by atoms with Crippen LogP contribution in [0.5, 0.6) is 0 Å². The van der Waals surface area contributed by atoms with Gasteiger partial charge in [0, 0.05) is 34.1 Å². The lowest BCUT2D eigenvalue weighted by Crippen LogP contribution is -2.28. The van der Waals surface area contributed by atoms with Crippen LogP contribution in [-0.4, -0.2) is 0 Å². The predicted octanol–water partition coefficient (Wildman–Crippen LogP) is 16.2. The summed E-state index contributed by atoms with van der Waals surface area (Å²) in [6, 6.07) is 86.4. The Balaban J connectivity index is 1.02. The fourth-order valence-electron chi connectivity index (χ4n) is 9.85. The van der Waals surface area contributed by atoms with Gasteiger partial charge in [-0.3, -0.25) is 0 Å². The first-order valence-corrected chi connectivity index (χ1v) is 22.0. The second-order valence-electron chi connectivity index (χ2n) is 16.4. The van der Waals surface area contributed by atoms with E-state index in [4.69, 9.17) is 0 Å². The van der Waals surface area contributed by atoms with Gasteiger partial charge in [-0.05, 0) is 135 Å². The number of hydrogen-bond acceptors (Lipinski definition) is 2. The lowest BCUT2D eigenvalue weighted by atomic mass is 9.67. The molecule has 0 aliphatic heterocycles. The molecule has 0 saturated heterocycles. The zero-order chi connectivity index (χ0) is 42.0. The maximum Gasteiger partial charge on any atom is 0.0713 e. The van der Waals surface area contributed by atoms with Crippen molar-refractivity contribution in [3.8, 4) is 33.4 Å². The predicted molar refractivity (Wildman–Crippen MR) is 264 cm³/mol. The number of anilines is 5. The van der Waals surface area contributed by atoms with Crippen LogP contribution < -0.4 is 9.80 Å². The van der Waals surface area contributed by atoms with E-state index >= 15 is 0 Å². The van der Waals surface area contributed by atoms with Crippen molar-refractivity contribution in [3.05, 3.63) is 283 Å². The minimum atomic E-state index is -0.536. The van der Waals surface area contributed by atoms with E-state index in [1.165, 1.54) is 61.3 Å². The Kier molecular flexibility index (Phi) is 9.95. The molecule has 11 rings (SSSR count). The van der Waals surface area contributed by atoms with Crippen molar-refractivity contribution in [2.45, 2.75) is 18.3 Å². The average Bonchev–Trinajstić information content (AvgIpc) is 3.67. The molecule has 0 saturated carbocycles. The molecule has 0 bridgehead atoms. The molecule has 0 unspecified atom stereocenters. The molecule has 2 aliphatic rings. The zero-order valence-electron chi connectivity index (χ0n) is 35.1. The largest absolute Gasteiger partial charge is 0.311 e. The topological polar surface area (TPSA) is 6.48 Å². The molecule has 9 aromatic rings. The van der Waals surface area contributed by atoms with Crippen LogP contribution in [0.4, 0.5) is 28.4 Å². The first kappa shape index (κ1) is 38.0. The lowest BCUT2D eigenvalue weighted by Gasteiger charge is -2.35. The fraction of sp³-hybridized carbons (Fsp3) is 0.0492. The SMILES string of the molecule is C1=CC(N(c2ccc(-c3ccccc3)cc2)c2ccc(C3(c4ccc(N(c5ccccc5)c5ccc(-c6ccccc6)cc5)cc4)c4ccccc4-c4ccccc43)cc2)=CCC1. The van der Waals surface area contributed by atoms with E-state index in [1.54, 1.807) is 0 Å². The minimum absolute atomic E-state index is 0.536. The molecule has 2 nitrogen and oxygen atoms in total. The molecule has 0 spiro atoms. The van der Waals surface area contributed by atoms with Gasteiger partial charge >= 0.3 is 0 Å². The van der Waals surface area contributed by atoms with Crippen LogP contribution in [0.25, 0.3) is 33.4 Å². The summed E-state index contributed by atoms with van der Waals surface area (Å²) in [5.41, 5.74) is 18.7. The van der Waals surface area contributed by atoms with Crippen molar-refractivity contribution in [2.24, 2.45) is 0 Å². The Bertz CT molecular complexity index is 3010. The third kappa shape index (κ3) is 6.87. The van der Waals surface area contributed by atoms with Gasteiger partial charge in [0.05, 0.1) is 5.41 Å². The smallest absolute Gasteiger partial charge is 0.0713 e. The molecular formula is C61H46N2. The maximum atomic E-state index is 2.40. The van der Waals surface area contributed by atoms with Gasteiger partial charge in [-0.25, -0.2) is 0 Å². The summed E-state index contributed by atoms with van der Waals surface area (Å²) in [5, 5.41) is 0. The van der Waals surface area contributed by atoms with Gasteiger partial charge in [-0.15, -0.1) is 0 Å². The first-order chi connectivity index (χ1) is 31.3. The van der Waals surface area contributed by atoms with Gasteiger partial charge in [-0.2, -0.15) is 0 Å². The molecule has 0 atom stereocenters. The van der Waals surface area contributed by atoms with Crippen molar-refractivity contribution in [2.75, 3.05) is 9.80 Å². The second kappa shape index (κ2) is 16.5. The quantitative estimate of drug-likeness (QED) is 0.136. The fourth-order valence-corrected chi connectivity index (χ4v) is 9.85. The number of allylic oxidation sites excluding steroid dienone is 3. The summed E-state index contributed by atoms with van der Waals surface area (Å²) in [6.07, 6.45) is 9.01. The first-order valence-electron chi connectivity index (χ1n) is 22.0. The molecule has 0 amide bonds. The molecule has 9 aromatic carbocycles. The van der Waals surface area contributed by atoms with Crippen molar-refractivity contribution < 1.29 is 0 Å². The Labute approximate surface area is 371 Å². The van der Waals surface area contributed by atoms with E-state index in [0.29, 0.717) is 0 Å². The molecule has 0 aromatic heterocycles. The minimum Gasteiger partial charge on any atom is -0.311 e. The van der Waals surface area contributed by atoms with Crippen molar-refractivity contribution in [1.82, 2.24) is 0 Å². The molecule has 2 aliphatic carbocycles. The highest BCUT2D eigenvalue weighted by Crippen LogP contribution is 2.56. The summed E-state index contributed by atoms with van der Waals surface area (Å²) in [4.78, 5) is 4.75. The number of hydrogen-bond donors (Lipinski definition) is 0. The van der Waals surface area contributed by atoms with Crippen LogP contribution in [0.2, 0.25) is 0 Å². The molecule has 63 heavy (non-hydrogen) atoms. The molecule has 0 fully saturated rings. The van der Waals surface area contributed by atoms with Gasteiger partial charge in [0.15, 0.2) is 0 Å². The Morgan fingerprint density at radius 1 is 0.302 bits per heavy atom. The normalized spacial score (nSPS) is 13.4. The van der Waals surface area contributed by atoms with E-state index in [9.17, 15) is 0 Å². The maximum absolute atomic E-state index is 2.40. The van der Waals surface area contributed by atoms with Crippen LogP contribution in [-0.2, 0) is 5.41 Å². The number of rotatable bonds is 10. The summed E-state index contributed by atoms with van der Waals surface area (Å²) in [5.74, 6) is 0. The van der Waals surface area contributed by atoms with Crippen LogP contribution >= 0.6 is 0 Å². The standard InChI is InChI=1S/C61H46N2/c1-5-17-45(18-6-1)47-29-37-53(38-30-47)62(51-21-9-3-10-22-51)55-41-33-49(34-42-55)61(59-27-15-13-25-57(59)58-26-14-16-28-60(58)61)50-35-43-56(44-36-50)63(52-23-11-4-12-24-52)54-39-31-48(32-40-54)46-19-7-2-8-20-46/h1-3,5-11,13-44H,4,12H2. The van der Waals surface area contributed by atoms with Crippen LogP contribution in [0.15, 0.2) is 261 Å². The summed E-state index contributed by atoms with van der Waals surface area (Å²) in [6.45, 7) is 0. The zero-order valence-corrected chi connectivity index (χ0v) is 35.1. The highest BCUT2D eigenvalue weighted by molar-refractivity contribution is 5.87. The third-order valence-corrected chi connectivity index (χ3v) is 12.8. The van der Waals surface area contributed by atoms with Gasteiger partial charge in [0.2, 0.25) is 0 Å². The molecule has 300 valence electrons. The van der Waals surface area contributed by atoms with Crippen LogP contribution in [0, 0.1) is 0 Å². The molecule has 0 N–H and O–H groups in total. The third-order valence-electron chi connectivity index (χ3n) is 12.8. The van der Waals surface area contributed by atoms with E-state index in [-0.39, 0.29) is 0 Å². The average molecular weight is 807 g/mol. The number of nitrogens with zero attached hydrogens (tertiary/aromatic N) is 2. The Morgan fingerprint density at radius 3 is 1.11 bits per heavy atom. The van der Waals surface area contributed by atoms with Crippen molar-refractivity contribution in [3.63, 3.8) is 0 Å². The van der Waals surface area contributed by atoms with Gasteiger partial charge in [0.25, 0.3) is 0 Å². The van der Waals surface area contributed by atoms with Crippen molar-refractivity contribution in [1.29, 1.82) is 0 Å². The summed E-state index contributed by atoms with van der Waals surface area (Å²) >= 11 is 0. The molecule has 2 heteroatoms. The van der Waals surface area contributed by atoms with Gasteiger partial charge in [-0.1, -0.05) is 188 Å². The van der Waals surface area contributed by atoms with Crippen molar-refractivity contribution >= 4 is 28.4 Å². The summed E-state index contributed by atoms with van der Waals surface area (Å²) < 4.78 is 0. The number of fused-ring (bicyclic) bond motifs is 3. The molecule has 0 heterocycles. The van der Waals surface area contributed by atoms with E-state index in [1.807, 2.05) is 0 Å². The Morgan fingerprint density at radius 2 is 0.667 bits per heavy atom. The van der Waals surface area contributed by atoms with E-state index in [0.717, 1.165) is 41.3 Å². The number of benzene rings is 9. The summed E-state index contributed by atoms with van der Waals surface area (Å²) in [7, 11) is 0. The van der Waals surface area contributed by atoms with E-state index in [2.05, 4.69) is 265 Å². The number of para-hydroxylation sites is 1. The second-order valence-corrected chi connectivity index (χ2v) is 16.4. The molecular weight excluding hydrogens is 761 g/mol. The van der Waals surface area contributed by atoms with Crippen LogP contribution in [0.1, 0.15) is 35.1 Å².